The van der Waals surface area contributed by atoms with Crippen LogP contribution in [0.2, 0.25) is 0 Å². The molecule has 0 saturated heterocycles. The van der Waals surface area contributed by atoms with Gasteiger partial charge in [-0.2, -0.15) is 0 Å². The number of carbonyl (C=O) groups is 1. The first kappa shape index (κ1) is 13.2. The van der Waals surface area contributed by atoms with Crippen LogP contribution >= 0.6 is 0 Å². The molecule has 0 spiro atoms. The molecule has 0 saturated carbocycles. The van der Waals surface area contributed by atoms with Crippen LogP contribution in [0.15, 0.2) is 23.2 Å². The number of anilines is 1. The number of hydrogen-bond donors (Lipinski definition) is 2. The third-order valence-electron chi connectivity index (χ3n) is 2.46. The third-order valence-corrected chi connectivity index (χ3v) is 2.46. The Kier molecular flexibility index (Phi) is 4.23. The predicted octanol–water partition coefficient (Wildman–Crippen LogP) is 1.02. The number of nitrogen functional groups attached to an aromatic ring is 1. The van der Waals surface area contributed by atoms with Gasteiger partial charge >= 0.3 is 0 Å². The van der Waals surface area contributed by atoms with Crippen molar-refractivity contribution >= 4 is 23.0 Å². The van der Waals surface area contributed by atoms with Crippen LogP contribution in [0.4, 0.5) is 11.4 Å². The Labute approximate surface area is 101 Å². The molecule has 0 aliphatic heterocycles. The highest BCUT2D eigenvalue weighted by Gasteiger charge is 2.06. The topological polar surface area (TPSA) is 84.7 Å². The van der Waals surface area contributed by atoms with Crippen LogP contribution in [-0.2, 0) is 0 Å². The van der Waals surface area contributed by atoms with Gasteiger partial charge in [-0.05, 0) is 25.1 Å². The number of hydrogen-bond acceptors (Lipinski definition) is 4. The second-order valence-electron chi connectivity index (χ2n) is 3.95. The van der Waals surface area contributed by atoms with E-state index in [9.17, 15) is 4.79 Å². The molecule has 0 bridgehead atoms. The molecule has 4 N–H and O–H groups in total. The Morgan fingerprint density at radius 3 is 2.53 bits per heavy atom. The highest BCUT2D eigenvalue weighted by atomic mass is 16.1. The largest absolute Gasteiger partial charge is 0.397 e. The molecule has 0 heterocycles. The first-order chi connectivity index (χ1) is 7.95. The van der Waals surface area contributed by atoms with E-state index in [0.717, 1.165) is 5.84 Å². The monoisotopic (exact) mass is 234 g/mol. The summed E-state index contributed by atoms with van der Waals surface area (Å²) in [5.41, 5.74) is 12.8. The van der Waals surface area contributed by atoms with Gasteiger partial charge in [0.2, 0.25) is 0 Å². The van der Waals surface area contributed by atoms with Gasteiger partial charge in [0.25, 0.3) is 0 Å². The number of ketones is 1. The zero-order chi connectivity index (χ0) is 13.0. The molecule has 0 atom stereocenters. The Morgan fingerprint density at radius 2 is 2.06 bits per heavy atom. The Balaban J connectivity index is 3.06. The number of aliphatic imine (C=N–C) groups is 1. The summed E-state index contributed by atoms with van der Waals surface area (Å²) < 4.78 is 0. The van der Waals surface area contributed by atoms with Crippen molar-refractivity contribution in [3.8, 4) is 0 Å². The lowest BCUT2D eigenvalue weighted by Gasteiger charge is -2.12. The van der Waals surface area contributed by atoms with Crippen LogP contribution in [0.25, 0.3) is 0 Å². The summed E-state index contributed by atoms with van der Waals surface area (Å²) in [4.78, 5) is 17.6. The summed E-state index contributed by atoms with van der Waals surface area (Å²) in [5.74, 6) is 0.714. The van der Waals surface area contributed by atoms with E-state index in [-0.39, 0.29) is 12.3 Å². The summed E-state index contributed by atoms with van der Waals surface area (Å²) in [6, 6.07) is 5.02. The molecule has 1 aromatic carbocycles. The minimum atomic E-state index is -0.128. The quantitative estimate of drug-likeness (QED) is 0.354. The first-order valence-electron chi connectivity index (χ1n) is 5.31. The standard InChI is InChI=1S/C12H18N4O/c1-8(16(2)3)15-11-5-4-9(6-10(11)14)12(17)7-13/h4-6H,7,13-14H2,1-3H3. The maximum Gasteiger partial charge on any atom is 0.176 e. The molecule has 17 heavy (non-hydrogen) atoms. The second-order valence-corrected chi connectivity index (χ2v) is 3.95. The predicted molar refractivity (Wildman–Crippen MR) is 70.7 cm³/mol. The molecule has 0 aromatic heterocycles. The minimum Gasteiger partial charge on any atom is -0.397 e. The zero-order valence-electron chi connectivity index (χ0n) is 10.4. The van der Waals surface area contributed by atoms with E-state index in [0.29, 0.717) is 16.9 Å². The van der Waals surface area contributed by atoms with E-state index < -0.39 is 0 Å². The lowest BCUT2D eigenvalue weighted by molar-refractivity contribution is 0.100. The highest BCUT2D eigenvalue weighted by molar-refractivity contribution is 5.99. The van der Waals surface area contributed by atoms with Crippen molar-refractivity contribution < 1.29 is 4.79 Å². The van der Waals surface area contributed by atoms with Crippen LogP contribution < -0.4 is 11.5 Å². The molecule has 0 aliphatic rings. The molecule has 0 fully saturated rings. The maximum absolute atomic E-state index is 11.4. The van der Waals surface area contributed by atoms with Gasteiger partial charge in [-0.1, -0.05) is 0 Å². The van der Waals surface area contributed by atoms with Gasteiger partial charge in [0.15, 0.2) is 5.78 Å². The third kappa shape index (κ3) is 3.29. The van der Waals surface area contributed by atoms with Crippen molar-refractivity contribution in [1.29, 1.82) is 0 Å². The number of amidine groups is 1. The molecular weight excluding hydrogens is 216 g/mol. The molecule has 0 aliphatic carbocycles. The lowest BCUT2D eigenvalue weighted by Crippen LogP contribution is -2.18. The molecule has 0 radical (unpaired) electrons. The highest BCUT2D eigenvalue weighted by Crippen LogP contribution is 2.23. The van der Waals surface area contributed by atoms with E-state index in [2.05, 4.69) is 4.99 Å². The van der Waals surface area contributed by atoms with E-state index >= 15 is 0 Å². The summed E-state index contributed by atoms with van der Waals surface area (Å²) in [6.07, 6.45) is 0. The van der Waals surface area contributed by atoms with E-state index in [1.807, 2.05) is 25.9 Å². The van der Waals surface area contributed by atoms with Gasteiger partial charge in [-0.3, -0.25) is 4.79 Å². The normalized spacial score (nSPS) is 11.4. The van der Waals surface area contributed by atoms with E-state index in [1.165, 1.54) is 0 Å². The summed E-state index contributed by atoms with van der Waals surface area (Å²) in [6.45, 7) is 1.87. The fourth-order valence-electron chi connectivity index (χ4n) is 1.22. The molecule has 1 aromatic rings. The fourth-order valence-corrected chi connectivity index (χ4v) is 1.22. The summed E-state index contributed by atoms with van der Waals surface area (Å²) >= 11 is 0. The molecule has 5 heteroatoms. The summed E-state index contributed by atoms with van der Waals surface area (Å²) in [5, 5.41) is 0. The van der Waals surface area contributed by atoms with Gasteiger partial charge in [0.1, 0.15) is 5.84 Å². The van der Waals surface area contributed by atoms with Crippen molar-refractivity contribution in [3.63, 3.8) is 0 Å². The van der Waals surface area contributed by atoms with Crippen molar-refractivity contribution in [3.05, 3.63) is 23.8 Å². The van der Waals surface area contributed by atoms with E-state index in [4.69, 9.17) is 11.5 Å². The average molecular weight is 234 g/mol. The van der Waals surface area contributed by atoms with E-state index in [1.54, 1.807) is 18.2 Å². The minimum absolute atomic E-state index is 0.0151. The number of rotatable bonds is 3. The van der Waals surface area contributed by atoms with Gasteiger partial charge in [0, 0.05) is 19.7 Å². The maximum atomic E-state index is 11.4. The Hall–Kier alpha value is -1.88. The SMILES string of the molecule is CC(=Nc1ccc(C(=O)CN)cc1N)N(C)C. The lowest BCUT2D eigenvalue weighted by atomic mass is 10.1. The van der Waals surface area contributed by atoms with Crippen molar-refractivity contribution in [2.75, 3.05) is 26.4 Å². The Morgan fingerprint density at radius 1 is 1.41 bits per heavy atom. The van der Waals surface area contributed by atoms with Crippen LogP contribution in [0.1, 0.15) is 17.3 Å². The molecule has 5 nitrogen and oxygen atoms in total. The van der Waals surface area contributed by atoms with Crippen LogP contribution in [-0.4, -0.2) is 37.2 Å². The van der Waals surface area contributed by atoms with Crippen LogP contribution in [0.3, 0.4) is 0 Å². The average Bonchev–Trinajstić information content (AvgIpc) is 2.30. The van der Waals surface area contributed by atoms with Crippen LogP contribution in [0.5, 0.6) is 0 Å². The molecule has 0 amide bonds. The number of nitrogens with two attached hydrogens (primary N) is 2. The molecule has 0 unspecified atom stereocenters. The van der Waals surface area contributed by atoms with Gasteiger partial charge in [-0.15, -0.1) is 0 Å². The molecule has 1 rings (SSSR count). The summed E-state index contributed by atoms with van der Waals surface area (Å²) in [7, 11) is 3.81. The van der Waals surface area contributed by atoms with Gasteiger partial charge < -0.3 is 16.4 Å². The van der Waals surface area contributed by atoms with Gasteiger partial charge in [-0.25, -0.2) is 4.99 Å². The number of carbonyl (C=O) groups excluding carboxylic acids is 1. The number of Topliss-reactive ketones (excluding diaryl/α,β-unsaturated/α-hetero) is 1. The zero-order valence-corrected chi connectivity index (χ0v) is 10.4. The van der Waals surface area contributed by atoms with Crippen molar-refractivity contribution in [2.24, 2.45) is 10.7 Å². The second kappa shape index (κ2) is 5.45. The van der Waals surface area contributed by atoms with Gasteiger partial charge in [0.05, 0.1) is 17.9 Å². The Bertz CT molecular complexity index is 452. The van der Waals surface area contributed by atoms with Crippen LogP contribution in [0, 0.1) is 0 Å². The fraction of sp³-hybridized carbons (Fsp3) is 0.333. The smallest absolute Gasteiger partial charge is 0.176 e. The molecule has 92 valence electrons. The number of benzene rings is 1. The molecular formula is C12H18N4O. The van der Waals surface area contributed by atoms with Crippen molar-refractivity contribution in [1.82, 2.24) is 4.90 Å². The van der Waals surface area contributed by atoms with Crippen molar-refractivity contribution in [2.45, 2.75) is 6.92 Å². The number of nitrogens with zero attached hydrogens (tertiary/aromatic N) is 2. The first-order valence-corrected chi connectivity index (χ1v) is 5.31.